The van der Waals surface area contributed by atoms with Crippen LogP contribution in [0.4, 0.5) is 8.78 Å². The summed E-state index contributed by atoms with van der Waals surface area (Å²) >= 11 is 0. The Kier molecular flexibility index (Phi) is 7.85. The molecule has 0 aliphatic carbocycles. The van der Waals surface area contributed by atoms with Gasteiger partial charge in [0.2, 0.25) is 5.43 Å². The molecule has 2 aromatic rings. The van der Waals surface area contributed by atoms with Gasteiger partial charge in [-0.05, 0) is 18.9 Å². The van der Waals surface area contributed by atoms with Crippen molar-refractivity contribution in [2.45, 2.75) is 19.4 Å². The fourth-order valence-corrected chi connectivity index (χ4v) is 4.37. The van der Waals surface area contributed by atoms with Crippen molar-refractivity contribution in [1.82, 2.24) is 14.9 Å². The maximum atomic E-state index is 13.9. The van der Waals surface area contributed by atoms with E-state index in [0.717, 1.165) is 18.9 Å². The van der Waals surface area contributed by atoms with Crippen molar-refractivity contribution in [3.05, 3.63) is 63.1 Å². The topological polar surface area (TPSA) is 113 Å². The first kappa shape index (κ1) is 25.6. The number of fused-ring (bicyclic) bond motifs is 1. The molecule has 0 radical (unpaired) electrons. The molecule has 1 aromatic heterocycles. The first-order chi connectivity index (χ1) is 17.3. The number of carbonyl (C=O) groups is 2. The van der Waals surface area contributed by atoms with Crippen molar-refractivity contribution >= 4 is 11.8 Å². The minimum absolute atomic E-state index is 0.0197. The molecule has 194 valence electrons. The van der Waals surface area contributed by atoms with E-state index in [2.05, 4.69) is 5.32 Å². The summed E-state index contributed by atoms with van der Waals surface area (Å²) in [6.45, 7) is 2.02. The number of benzene rings is 1. The van der Waals surface area contributed by atoms with Crippen LogP contribution in [0, 0.1) is 17.6 Å². The third-order valence-corrected chi connectivity index (χ3v) is 6.28. The van der Waals surface area contributed by atoms with Gasteiger partial charge in [0.25, 0.3) is 11.8 Å². The van der Waals surface area contributed by atoms with Crippen LogP contribution >= 0.6 is 0 Å². The van der Waals surface area contributed by atoms with Gasteiger partial charge in [-0.25, -0.2) is 8.78 Å². The number of pyridine rings is 1. The number of hydrogen-bond donors (Lipinski definition) is 2. The number of aromatic nitrogens is 1. The van der Waals surface area contributed by atoms with Gasteiger partial charge in [-0.2, -0.15) is 0 Å². The average molecular weight is 507 g/mol. The van der Waals surface area contributed by atoms with Gasteiger partial charge in [-0.3, -0.25) is 24.1 Å². The highest BCUT2D eigenvalue weighted by Gasteiger charge is 2.35. The zero-order chi connectivity index (χ0) is 25.8. The number of ether oxygens (including phenoxy) is 2. The van der Waals surface area contributed by atoms with Crippen LogP contribution in [0.2, 0.25) is 0 Å². The molecular formula is C24H28F2N4O6. The Morgan fingerprint density at radius 1 is 1.31 bits per heavy atom. The van der Waals surface area contributed by atoms with Crippen LogP contribution in [-0.2, 0) is 16.0 Å². The maximum Gasteiger partial charge on any atom is 0.277 e. The fourth-order valence-electron chi connectivity index (χ4n) is 4.37. The molecule has 4 rings (SSSR count). The van der Waals surface area contributed by atoms with Gasteiger partial charge in [0.15, 0.2) is 11.4 Å². The predicted octanol–water partition coefficient (Wildman–Crippen LogP) is 1.19. The lowest BCUT2D eigenvalue weighted by Gasteiger charge is -2.41. The molecule has 12 heteroatoms. The van der Waals surface area contributed by atoms with E-state index in [-0.39, 0.29) is 37.0 Å². The number of halogens is 2. The Morgan fingerprint density at radius 3 is 2.81 bits per heavy atom. The molecule has 2 amide bonds. The quantitative estimate of drug-likeness (QED) is 0.553. The second-order valence-electron chi connectivity index (χ2n) is 8.81. The van der Waals surface area contributed by atoms with E-state index in [1.807, 2.05) is 0 Å². The molecule has 2 aliphatic rings. The highest BCUT2D eigenvalue weighted by Crippen LogP contribution is 2.24. The van der Waals surface area contributed by atoms with Crippen LogP contribution in [0.15, 0.2) is 29.2 Å². The summed E-state index contributed by atoms with van der Waals surface area (Å²) < 4.78 is 39.0. The monoisotopic (exact) mass is 506 g/mol. The predicted molar refractivity (Wildman–Crippen MR) is 124 cm³/mol. The molecule has 3 heterocycles. The second-order valence-corrected chi connectivity index (χ2v) is 8.81. The minimum Gasteiger partial charge on any atom is -0.502 e. The highest BCUT2D eigenvalue weighted by molar-refractivity contribution is 5.99. The smallest absolute Gasteiger partial charge is 0.277 e. The summed E-state index contributed by atoms with van der Waals surface area (Å²) in [5, 5.41) is 14.8. The van der Waals surface area contributed by atoms with Crippen LogP contribution in [0.25, 0.3) is 0 Å². The van der Waals surface area contributed by atoms with Gasteiger partial charge in [0.1, 0.15) is 23.9 Å². The Bertz CT molecular complexity index is 1200. The average Bonchev–Trinajstić information content (AvgIpc) is 2.86. The number of rotatable bonds is 8. The summed E-state index contributed by atoms with van der Waals surface area (Å²) in [5.41, 5.74) is -1.68. The van der Waals surface area contributed by atoms with Crippen LogP contribution in [-0.4, -0.2) is 73.2 Å². The lowest BCUT2D eigenvalue weighted by Crippen LogP contribution is -2.56. The normalized spacial score (nSPS) is 17.8. The minimum atomic E-state index is -1.03. The zero-order valence-electron chi connectivity index (χ0n) is 19.8. The number of aromatic hydroxyl groups is 1. The molecule has 36 heavy (non-hydrogen) atoms. The molecule has 1 aromatic carbocycles. The number of nitrogens with zero attached hydrogens (tertiary/aromatic N) is 3. The summed E-state index contributed by atoms with van der Waals surface area (Å²) in [6, 6.07) is 2.92. The SMILES string of the molecule is COCCN1CN(CC2CCCOC2)C(=O)c2c(O)c(=O)c(C(=O)NCc3ccc(F)cc3F)cn21. The van der Waals surface area contributed by atoms with Crippen molar-refractivity contribution in [2.24, 2.45) is 5.92 Å². The Labute approximate surface area is 206 Å². The lowest BCUT2D eigenvalue weighted by molar-refractivity contribution is 0.0308. The van der Waals surface area contributed by atoms with Crippen molar-refractivity contribution in [1.29, 1.82) is 0 Å². The van der Waals surface area contributed by atoms with Gasteiger partial charge < -0.3 is 24.8 Å². The number of carbonyl (C=O) groups excluding carboxylic acids is 2. The first-order valence-electron chi connectivity index (χ1n) is 11.6. The molecule has 0 saturated carbocycles. The first-order valence-corrected chi connectivity index (χ1v) is 11.6. The van der Waals surface area contributed by atoms with Crippen molar-refractivity contribution in [3.8, 4) is 5.75 Å². The van der Waals surface area contributed by atoms with Gasteiger partial charge >= 0.3 is 0 Å². The van der Waals surface area contributed by atoms with Crippen LogP contribution in [0.3, 0.4) is 0 Å². The fraction of sp³-hybridized carbons (Fsp3) is 0.458. The van der Waals surface area contributed by atoms with Crippen molar-refractivity contribution in [3.63, 3.8) is 0 Å². The van der Waals surface area contributed by atoms with E-state index < -0.39 is 40.2 Å². The summed E-state index contributed by atoms with van der Waals surface area (Å²) in [6.07, 6.45) is 2.97. The van der Waals surface area contributed by atoms with E-state index >= 15 is 0 Å². The number of nitrogens with one attached hydrogen (secondary N) is 1. The standard InChI is InChI=1S/C24H28F2N4O6/c1-35-8-6-29-14-28(11-15-3-2-7-36-13-15)24(34)20-22(32)21(31)18(12-30(20)29)23(33)27-10-16-4-5-17(25)9-19(16)26/h4-5,9,12,15,32H,2-3,6-8,10-11,13-14H2,1H3,(H,27,33). The number of hydrogen-bond acceptors (Lipinski definition) is 7. The third-order valence-electron chi connectivity index (χ3n) is 6.28. The summed E-state index contributed by atoms with van der Waals surface area (Å²) in [7, 11) is 1.52. The molecule has 2 N–H and O–H groups in total. The van der Waals surface area contributed by atoms with E-state index in [1.54, 1.807) is 9.91 Å². The molecule has 1 saturated heterocycles. The van der Waals surface area contributed by atoms with Gasteiger partial charge in [-0.15, -0.1) is 0 Å². The van der Waals surface area contributed by atoms with Gasteiger partial charge in [0, 0.05) is 50.6 Å². The van der Waals surface area contributed by atoms with Gasteiger partial charge in [-0.1, -0.05) is 6.07 Å². The molecule has 1 atom stereocenters. The van der Waals surface area contributed by atoms with E-state index in [4.69, 9.17) is 9.47 Å². The van der Waals surface area contributed by atoms with E-state index in [0.29, 0.717) is 32.4 Å². The second kappa shape index (κ2) is 11.0. The number of methoxy groups -OCH3 is 1. The van der Waals surface area contributed by atoms with Crippen molar-refractivity contribution in [2.75, 3.05) is 51.7 Å². The number of amides is 2. The molecule has 2 aliphatic heterocycles. The van der Waals surface area contributed by atoms with Crippen LogP contribution in [0.1, 0.15) is 39.3 Å². The lowest BCUT2D eigenvalue weighted by atomic mass is 10.0. The molecule has 1 fully saturated rings. The zero-order valence-corrected chi connectivity index (χ0v) is 19.8. The molecule has 10 nitrogen and oxygen atoms in total. The third kappa shape index (κ3) is 5.34. The van der Waals surface area contributed by atoms with Crippen LogP contribution < -0.4 is 15.8 Å². The molecular weight excluding hydrogens is 478 g/mol. The van der Waals surface area contributed by atoms with Crippen LogP contribution in [0.5, 0.6) is 5.75 Å². The largest absolute Gasteiger partial charge is 0.502 e. The van der Waals surface area contributed by atoms with Crippen molar-refractivity contribution < 1.29 is 33.0 Å². The Balaban J connectivity index is 1.61. The molecule has 1 unspecified atom stereocenters. The van der Waals surface area contributed by atoms with E-state index in [9.17, 15) is 28.3 Å². The molecule has 0 spiro atoms. The Morgan fingerprint density at radius 2 is 2.11 bits per heavy atom. The maximum absolute atomic E-state index is 13.9. The highest BCUT2D eigenvalue weighted by atomic mass is 19.1. The van der Waals surface area contributed by atoms with E-state index in [1.165, 1.54) is 24.0 Å². The summed E-state index contributed by atoms with van der Waals surface area (Å²) in [5.74, 6) is -3.75. The molecule has 0 bridgehead atoms. The van der Waals surface area contributed by atoms with Gasteiger partial charge in [0.05, 0.1) is 19.8 Å². The Hall–Kier alpha value is -3.51. The summed E-state index contributed by atoms with van der Waals surface area (Å²) in [4.78, 5) is 40.5.